The van der Waals surface area contributed by atoms with E-state index in [9.17, 15) is 19.7 Å². The van der Waals surface area contributed by atoms with E-state index in [0.717, 1.165) is 0 Å². The van der Waals surface area contributed by atoms with Crippen LogP contribution in [0, 0.1) is 10.1 Å². The number of ether oxygens (including phenoxy) is 2. The molecule has 0 saturated carbocycles. The molecular weight excluding hydrogens is 316 g/mol. The minimum Gasteiger partial charge on any atom is -0.490 e. The van der Waals surface area contributed by atoms with Crippen LogP contribution in [0.5, 0.6) is 5.75 Å². The second kappa shape index (κ2) is 7.23. The number of nitrogens with one attached hydrogen (secondary N) is 1. The van der Waals surface area contributed by atoms with Gasteiger partial charge in [-0.25, -0.2) is 4.79 Å². The van der Waals surface area contributed by atoms with E-state index in [1.807, 2.05) is 0 Å². The second-order valence-corrected chi connectivity index (χ2v) is 4.67. The molecule has 8 nitrogen and oxygen atoms in total. The van der Waals surface area contributed by atoms with Gasteiger partial charge in [0.1, 0.15) is 0 Å². The maximum Gasteiger partial charge on any atom is 0.337 e. The lowest BCUT2D eigenvalue weighted by atomic mass is 10.1. The first kappa shape index (κ1) is 16.9. The van der Waals surface area contributed by atoms with Crippen LogP contribution in [0.25, 0.3) is 0 Å². The lowest BCUT2D eigenvalue weighted by Crippen LogP contribution is -2.13. The van der Waals surface area contributed by atoms with Crippen LogP contribution in [-0.4, -0.2) is 31.0 Å². The summed E-state index contributed by atoms with van der Waals surface area (Å²) in [5.41, 5.74) is 0.624. The van der Waals surface area contributed by atoms with Gasteiger partial charge in [-0.3, -0.25) is 14.9 Å². The summed E-state index contributed by atoms with van der Waals surface area (Å²) in [7, 11) is 2.54. The number of nitro groups is 1. The Morgan fingerprint density at radius 1 is 1.08 bits per heavy atom. The number of anilines is 1. The Balaban J connectivity index is 2.24. The highest BCUT2D eigenvalue weighted by atomic mass is 16.6. The van der Waals surface area contributed by atoms with E-state index >= 15 is 0 Å². The molecule has 2 aromatic carbocycles. The van der Waals surface area contributed by atoms with Gasteiger partial charge in [-0.05, 0) is 24.3 Å². The van der Waals surface area contributed by atoms with Crippen LogP contribution >= 0.6 is 0 Å². The van der Waals surface area contributed by atoms with Crippen LogP contribution in [0.3, 0.4) is 0 Å². The maximum atomic E-state index is 12.3. The lowest BCUT2D eigenvalue weighted by Gasteiger charge is -2.08. The summed E-state index contributed by atoms with van der Waals surface area (Å²) in [6, 6.07) is 10.0. The van der Waals surface area contributed by atoms with Crippen LogP contribution in [0.15, 0.2) is 42.5 Å². The van der Waals surface area contributed by atoms with E-state index in [4.69, 9.17) is 4.74 Å². The van der Waals surface area contributed by atoms with Gasteiger partial charge in [-0.1, -0.05) is 6.07 Å². The summed E-state index contributed by atoms with van der Waals surface area (Å²) in [6.45, 7) is 0. The zero-order valence-electron chi connectivity index (χ0n) is 12.9. The molecule has 2 aromatic rings. The van der Waals surface area contributed by atoms with Gasteiger partial charge < -0.3 is 14.8 Å². The van der Waals surface area contributed by atoms with Gasteiger partial charge in [-0.15, -0.1) is 0 Å². The molecule has 24 heavy (non-hydrogen) atoms. The lowest BCUT2D eigenvalue weighted by molar-refractivity contribution is -0.385. The number of carbonyl (C=O) groups excluding carboxylic acids is 2. The maximum absolute atomic E-state index is 12.3. The zero-order chi connectivity index (χ0) is 17.7. The number of hydrogen-bond acceptors (Lipinski definition) is 6. The van der Waals surface area contributed by atoms with Crippen molar-refractivity contribution in [2.24, 2.45) is 0 Å². The number of amides is 1. The van der Waals surface area contributed by atoms with Crippen LogP contribution < -0.4 is 10.1 Å². The molecule has 124 valence electrons. The van der Waals surface area contributed by atoms with E-state index in [-0.39, 0.29) is 22.6 Å². The Morgan fingerprint density at radius 3 is 2.46 bits per heavy atom. The predicted octanol–water partition coefficient (Wildman–Crippen LogP) is 2.64. The first-order chi connectivity index (χ1) is 11.5. The average Bonchev–Trinajstić information content (AvgIpc) is 2.60. The van der Waals surface area contributed by atoms with E-state index in [1.165, 1.54) is 38.5 Å². The molecule has 0 aliphatic carbocycles. The predicted molar refractivity (Wildman–Crippen MR) is 85.4 cm³/mol. The standard InChI is InChI=1S/C16H14N2O6/c1-23-14-9-10(6-7-13(14)18(21)22)15(19)17-12-5-3-4-11(8-12)16(20)24-2/h3-9H,1-2H3,(H,17,19). The molecule has 0 aromatic heterocycles. The summed E-state index contributed by atoms with van der Waals surface area (Å²) in [4.78, 5) is 34.0. The minimum atomic E-state index is -0.597. The third kappa shape index (κ3) is 3.67. The van der Waals surface area contributed by atoms with Crippen molar-refractivity contribution in [2.45, 2.75) is 0 Å². The third-order valence-corrected chi connectivity index (χ3v) is 3.18. The monoisotopic (exact) mass is 330 g/mol. The number of nitrogens with zero attached hydrogens (tertiary/aromatic N) is 1. The highest BCUT2D eigenvalue weighted by molar-refractivity contribution is 6.05. The fourth-order valence-electron chi connectivity index (χ4n) is 2.01. The molecular formula is C16H14N2O6. The largest absolute Gasteiger partial charge is 0.490 e. The number of methoxy groups -OCH3 is 2. The number of carbonyl (C=O) groups is 2. The van der Waals surface area contributed by atoms with Gasteiger partial charge in [0, 0.05) is 23.4 Å². The Kier molecular flexibility index (Phi) is 5.10. The molecule has 0 aliphatic heterocycles. The quantitative estimate of drug-likeness (QED) is 0.513. The summed E-state index contributed by atoms with van der Waals surface area (Å²) in [6.07, 6.45) is 0. The average molecular weight is 330 g/mol. The molecule has 2 rings (SSSR count). The van der Waals surface area contributed by atoms with E-state index in [2.05, 4.69) is 10.1 Å². The van der Waals surface area contributed by atoms with Crippen molar-refractivity contribution in [3.8, 4) is 5.75 Å². The normalized spacial score (nSPS) is 9.92. The molecule has 8 heteroatoms. The van der Waals surface area contributed by atoms with Crippen molar-refractivity contribution in [1.29, 1.82) is 0 Å². The van der Waals surface area contributed by atoms with Crippen molar-refractivity contribution >= 4 is 23.3 Å². The van der Waals surface area contributed by atoms with Gasteiger partial charge >= 0.3 is 11.7 Å². The number of hydrogen-bond donors (Lipinski definition) is 1. The zero-order valence-corrected chi connectivity index (χ0v) is 12.9. The molecule has 0 unspecified atom stereocenters. The topological polar surface area (TPSA) is 108 Å². The summed E-state index contributed by atoms with van der Waals surface area (Å²) >= 11 is 0. The SMILES string of the molecule is COC(=O)c1cccc(NC(=O)c2ccc([N+](=O)[O-])c(OC)c2)c1. The first-order valence-electron chi connectivity index (χ1n) is 6.78. The molecule has 0 fully saturated rings. The van der Waals surface area contributed by atoms with Crippen molar-refractivity contribution < 1.29 is 24.0 Å². The van der Waals surface area contributed by atoms with Gasteiger partial charge in [0.05, 0.1) is 24.7 Å². The molecule has 0 saturated heterocycles. The molecule has 0 radical (unpaired) electrons. The number of nitro benzene ring substituents is 1. The van der Waals surface area contributed by atoms with Crippen LogP contribution in [0.1, 0.15) is 20.7 Å². The fourth-order valence-corrected chi connectivity index (χ4v) is 2.01. The Labute approximate surface area is 137 Å². The van der Waals surface area contributed by atoms with E-state index in [1.54, 1.807) is 18.2 Å². The number of rotatable bonds is 5. The molecule has 1 N–H and O–H groups in total. The van der Waals surface area contributed by atoms with E-state index in [0.29, 0.717) is 5.69 Å². The molecule has 0 aliphatic rings. The van der Waals surface area contributed by atoms with Crippen molar-refractivity contribution in [3.63, 3.8) is 0 Å². The van der Waals surface area contributed by atoms with Crippen molar-refractivity contribution in [3.05, 3.63) is 63.7 Å². The summed E-state index contributed by atoms with van der Waals surface area (Å²) in [5, 5.41) is 13.5. The van der Waals surface area contributed by atoms with Gasteiger partial charge in [0.2, 0.25) is 0 Å². The molecule has 1 amide bonds. The highest BCUT2D eigenvalue weighted by Crippen LogP contribution is 2.27. The van der Waals surface area contributed by atoms with Crippen molar-refractivity contribution in [2.75, 3.05) is 19.5 Å². The minimum absolute atomic E-state index is 0.0176. The van der Waals surface area contributed by atoms with Gasteiger partial charge in [-0.2, -0.15) is 0 Å². The highest BCUT2D eigenvalue weighted by Gasteiger charge is 2.17. The van der Waals surface area contributed by atoms with Crippen LogP contribution in [0.2, 0.25) is 0 Å². The molecule has 0 spiro atoms. The number of esters is 1. The molecule has 0 atom stereocenters. The Hall–Kier alpha value is -3.42. The number of benzene rings is 2. The smallest absolute Gasteiger partial charge is 0.337 e. The van der Waals surface area contributed by atoms with Crippen LogP contribution in [0.4, 0.5) is 11.4 Å². The Bertz CT molecular complexity index is 803. The Morgan fingerprint density at radius 2 is 1.83 bits per heavy atom. The van der Waals surface area contributed by atoms with Crippen molar-refractivity contribution in [1.82, 2.24) is 0 Å². The first-order valence-corrected chi connectivity index (χ1v) is 6.78. The van der Waals surface area contributed by atoms with Gasteiger partial charge in [0.25, 0.3) is 5.91 Å². The summed E-state index contributed by atoms with van der Waals surface area (Å²) in [5.74, 6) is -1.04. The second-order valence-electron chi connectivity index (χ2n) is 4.67. The molecule has 0 bridgehead atoms. The molecule has 0 heterocycles. The third-order valence-electron chi connectivity index (χ3n) is 3.18. The van der Waals surface area contributed by atoms with Gasteiger partial charge in [0.15, 0.2) is 5.75 Å². The fraction of sp³-hybridized carbons (Fsp3) is 0.125. The van der Waals surface area contributed by atoms with Crippen LogP contribution in [-0.2, 0) is 4.74 Å². The van der Waals surface area contributed by atoms with E-state index < -0.39 is 16.8 Å². The summed E-state index contributed by atoms with van der Waals surface area (Å²) < 4.78 is 9.54.